The van der Waals surface area contributed by atoms with Crippen molar-refractivity contribution >= 4 is 57.9 Å². The van der Waals surface area contributed by atoms with Crippen LogP contribution in [0.4, 0.5) is 0 Å². The summed E-state index contributed by atoms with van der Waals surface area (Å²) < 4.78 is 23.1. The number of hydrogen-bond acceptors (Lipinski definition) is 6. The van der Waals surface area contributed by atoms with Gasteiger partial charge >= 0.3 is 0 Å². The number of rotatable bonds is 10. The van der Waals surface area contributed by atoms with Crippen molar-refractivity contribution in [3.8, 4) is 23.0 Å². The first kappa shape index (κ1) is 26.9. The van der Waals surface area contributed by atoms with Crippen LogP contribution in [0, 0.1) is 3.57 Å². The van der Waals surface area contributed by atoms with E-state index in [2.05, 4.69) is 33.1 Å². The number of carbonyl (C=O) groups is 1. The molecule has 1 N–H and O–H groups in total. The van der Waals surface area contributed by atoms with E-state index in [1.54, 1.807) is 36.4 Å². The highest BCUT2D eigenvalue weighted by Gasteiger charge is 2.14. The predicted molar refractivity (Wildman–Crippen MR) is 146 cm³/mol. The number of ether oxygens (including phenoxy) is 4. The lowest BCUT2D eigenvalue weighted by molar-refractivity contribution is 0.0954. The molecular weight excluding hydrogens is 606 g/mol. The average Bonchev–Trinajstić information content (AvgIpc) is 2.84. The van der Waals surface area contributed by atoms with E-state index in [1.165, 1.54) is 20.4 Å². The van der Waals surface area contributed by atoms with E-state index in [-0.39, 0.29) is 12.5 Å². The lowest BCUT2D eigenvalue weighted by Crippen LogP contribution is -2.17. The number of methoxy groups -OCH3 is 2. The minimum Gasteiger partial charge on any atom is -0.493 e. The van der Waals surface area contributed by atoms with Crippen molar-refractivity contribution in [2.75, 3.05) is 20.8 Å². The molecule has 3 aromatic carbocycles. The van der Waals surface area contributed by atoms with Crippen molar-refractivity contribution in [2.24, 2.45) is 5.10 Å². The van der Waals surface area contributed by atoms with Crippen LogP contribution in [0.5, 0.6) is 23.0 Å². The van der Waals surface area contributed by atoms with Crippen LogP contribution in [0.25, 0.3) is 0 Å². The fourth-order valence-electron chi connectivity index (χ4n) is 3.06. The van der Waals surface area contributed by atoms with Gasteiger partial charge in [0.1, 0.15) is 6.61 Å². The first-order valence-corrected chi connectivity index (χ1v) is 12.3. The average molecular weight is 629 g/mol. The van der Waals surface area contributed by atoms with Crippen LogP contribution in [-0.2, 0) is 6.61 Å². The zero-order valence-electron chi connectivity index (χ0n) is 19.2. The second kappa shape index (κ2) is 12.9. The van der Waals surface area contributed by atoms with Crippen LogP contribution in [0.3, 0.4) is 0 Å². The molecule has 3 rings (SSSR count). The predicted octanol–water partition coefficient (Wildman–Crippen LogP) is 6.36. The molecule has 0 aliphatic carbocycles. The van der Waals surface area contributed by atoms with Crippen molar-refractivity contribution in [1.82, 2.24) is 5.43 Å². The second-order valence-corrected chi connectivity index (χ2v) is 9.06. The van der Waals surface area contributed by atoms with E-state index in [0.29, 0.717) is 45.2 Å². The number of hydrogen-bond donors (Lipinski definition) is 1. The summed E-state index contributed by atoms with van der Waals surface area (Å²) in [4.78, 5) is 12.5. The third-order valence-electron chi connectivity index (χ3n) is 4.74. The number of nitrogens with one attached hydrogen (secondary N) is 1. The number of hydrazone groups is 1. The maximum Gasteiger partial charge on any atom is 0.271 e. The van der Waals surface area contributed by atoms with E-state index in [0.717, 1.165) is 14.7 Å². The lowest BCUT2D eigenvalue weighted by Gasteiger charge is -2.15. The maximum absolute atomic E-state index is 12.5. The third kappa shape index (κ3) is 7.16. The van der Waals surface area contributed by atoms with Crippen LogP contribution in [0.1, 0.15) is 28.4 Å². The van der Waals surface area contributed by atoms with Gasteiger partial charge in [-0.15, -0.1) is 0 Å². The molecule has 0 spiro atoms. The molecule has 0 atom stereocenters. The molecule has 0 saturated heterocycles. The topological polar surface area (TPSA) is 78.4 Å². The lowest BCUT2D eigenvalue weighted by atomic mass is 10.2. The van der Waals surface area contributed by atoms with E-state index >= 15 is 0 Å². The van der Waals surface area contributed by atoms with Gasteiger partial charge in [-0.25, -0.2) is 5.43 Å². The summed E-state index contributed by atoms with van der Waals surface area (Å²) in [6.07, 6.45) is 1.53. The summed E-state index contributed by atoms with van der Waals surface area (Å²) in [5.41, 5.74) is 4.42. The first-order chi connectivity index (χ1) is 16.9. The van der Waals surface area contributed by atoms with Crippen molar-refractivity contribution < 1.29 is 23.7 Å². The molecule has 0 aromatic heterocycles. The zero-order valence-corrected chi connectivity index (χ0v) is 22.9. The molecule has 0 fully saturated rings. The molecule has 3 aromatic rings. The standard InChI is InChI=1S/C25H23Cl2IN2O5/c1-4-34-23-10-15(9-20(28)24(23)35-14-17-5-7-18(26)12-19(17)27)13-29-30-25(31)16-6-8-21(32-2)22(11-16)33-3/h5-13H,4,14H2,1-3H3,(H,30,31)/b29-13+. The molecule has 1 amide bonds. The largest absolute Gasteiger partial charge is 0.493 e. The van der Waals surface area contributed by atoms with E-state index < -0.39 is 0 Å². The second-order valence-electron chi connectivity index (χ2n) is 7.06. The van der Waals surface area contributed by atoms with Crippen LogP contribution >= 0.6 is 45.8 Å². The minimum absolute atomic E-state index is 0.251. The Hall–Kier alpha value is -2.69. The van der Waals surface area contributed by atoms with E-state index in [4.69, 9.17) is 42.1 Å². The Morgan fingerprint density at radius 3 is 2.46 bits per heavy atom. The quantitative estimate of drug-likeness (QED) is 0.161. The molecule has 10 heteroatoms. The summed E-state index contributed by atoms with van der Waals surface area (Å²) >= 11 is 14.4. The van der Waals surface area contributed by atoms with Gasteiger partial charge in [-0.05, 0) is 77.5 Å². The first-order valence-electron chi connectivity index (χ1n) is 10.4. The molecule has 0 radical (unpaired) electrons. The molecule has 0 unspecified atom stereocenters. The molecule has 0 aliphatic heterocycles. The van der Waals surface area contributed by atoms with E-state index in [1.807, 2.05) is 19.1 Å². The SMILES string of the molecule is CCOc1cc(/C=N/NC(=O)c2ccc(OC)c(OC)c2)cc(I)c1OCc1ccc(Cl)cc1Cl. The monoisotopic (exact) mass is 628 g/mol. The highest BCUT2D eigenvalue weighted by molar-refractivity contribution is 14.1. The zero-order chi connectivity index (χ0) is 25.4. The van der Waals surface area contributed by atoms with Gasteiger partial charge in [0.15, 0.2) is 23.0 Å². The van der Waals surface area contributed by atoms with Gasteiger partial charge in [-0.1, -0.05) is 29.3 Å². The summed E-state index contributed by atoms with van der Waals surface area (Å²) in [5.74, 6) is 1.74. The van der Waals surface area contributed by atoms with Crippen molar-refractivity contribution in [3.63, 3.8) is 0 Å². The smallest absolute Gasteiger partial charge is 0.271 e. The van der Waals surface area contributed by atoms with Crippen LogP contribution in [0.15, 0.2) is 53.6 Å². The Labute approximate surface area is 227 Å². The van der Waals surface area contributed by atoms with Crippen LogP contribution in [0.2, 0.25) is 10.0 Å². The normalized spacial score (nSPS) is 10.8. The van der Waals surface area contributed by atoms with Crippen molar-refractivity contribution in [1.29, 1.82) is 0 Å². The molecule has 35 heavy (non-hydrogen) atoms. The van der Waals surface area contributed by atoms with Crippen molar-refractivity contribution in [2.45, 2.75) is 13.5 Å². The molecule has 184 valence electrons. The fourth-order valence-corrected chi connectivity index (χ4v) is 4.31. The highest BCUT2D eigenvalue weighted by atomic mass is 127. The van der Waals surface area contributed by atoms with Gasteiger partial charge in [0, 0.05) is 21.2 Å². The van der Waals surface area contributed by atoms with Gasteiger partial charge < -0.3 is 18.9 Å². The molecule has 0 bridgehead atoms. The summed E-state index contributed by atoms with van der Waals surface area (Å²) in [5, 5.41) is 5.16. The Balaban J connectivity index is 1.73. The number of halogens is 3. The Morgan fingerprint density at radius 2 is 1.77 bits per heavy atom. The van der Waals surface area contributed by atoms with Crippen LogP contribution < -0.4 is 24.4 Å². The Bertz CT molecular complexity index is 1240. The molecular formula is C25H23Cl2IN2O5. The van der Waals surface area contributed by atoms with Gasteiger partial charge in [-0.3, -0.25) is 4.79 Å². The molecule has 0 saturated carbocycles. The summed E-state index contributed by atoms with van der Waals surface area (Å²) in [6.45, 7) is 2.59. The molecule has 0 aliphatic rings. The number of benzene rings is 3. The summed E-state index contributed by atoms with van der Waals surface area (Å²) in [7, 11) is 3.04. The summed E-state index contributed by atoms with van der Waals surface area (Å²) in [6, 6.07) is 13.8. The number of amides is 1. The highest BCUT2D eigenvalue weighted by Crippen LogP contribution is 2.35. The van der Waals surface area contributed by atoms with Gasteiger partial charge in [0.25, 0.3) is 5.91 Å². The Kier molecular flexibility index (Phi) is 9.88. The Morgan fingerprint density at radius 1 is 1.00 bits per heavy atom. The fraction of sp³-hybridized carbons (Fsp3) is 0.200. The number of nitrogens with zero attached hydrogens (tertiary/aromatic N) is 1. The van der Waals surface area contributed by atoms with Gasteiger partial charge in [0.2, 0.25) is 0 Å². The van der Waals surface area contributed by atoms with Crippen LogP contribution in [-0.4, -0.2) is 32.9 Å². The van der Waals surface area contributed by atoms with Gasteiger partial charge in [0.05, 0.1) is 30.6 Å². The molecule has 7 nitrogen and oxygen atoms in total. The maximum atomic E-state index is 12.5. The van der Waals surface area contributed by atoms with Gasteiger partial charge in [-0.2, -0.15) is 5.10 Å². The minimum atomic E-state index is -0.387. The van der Waals surface area contributed by atoms with Crippen molar-refractivity contribution in [3.05, 3.63) is 78.8 Å². The molecule has 0 heterocycles. The number of carbonyl (C=O) groups excluding carboxylic acids is 1. The third-order valence-corrected chi connectivity index (χ3v) is 6.13. The van der Waals surface area contributed by atoms with E-state index in [9.17, 15) is 4.79 Å².